The molecule has 1 aliphatic heterocycles. The van der Waals surface area contributed by atoms with Crippen LogP contribution in [0, 0.1) is 0 Å². The van der Waals surface area contributed by atoms with Crippen molar-refractivity contribution in [2.75, 3.05) is 7.11 Å². The molecule has 0 saturated carbocycles. The van der Waals surface area contributed by atoms with E-state index in [9.17, 15) is 14.4 Å². The predicted molar refractivity (Wildman–Crippen MR) is 70.1 cm³/mol. The lowest BCUT2D eigenvalue weighted by Gasteiger charge is -2.21. The molecule has 1 aliphatic carbocycles. The van der Waals surface area contributed by atoms with E-state index in [1.54, 1.807) is 30.3 Å². The standard InChI is InChI=1S/C15H13NO4/c1-20-15(19)9-6-7-10(8-9)16-13(17)11-4-2-3-5-12(11)14(16)18/h2-6,10H,7-8H2,1H3/t10-/m1/s1. The molecule has 0 saturated heterocycles. The number of fused-ring (bicyclic) bond motifs is 1. The van der Waals surface area contributed by atoms with Crippen molar-refractivity contribution >= 4 is 17.8 Å². The summed E-state index contributed by atoms with van der Waals surface area (Å²) in [7, 11) is 1.32. The maximum absolute atomic E-state index is 12.3. The molecular formula is C15H13NO4. The van der Waals surface area contributed by atoms with Crippen molar-refractivity contribution in [1.29, 1.82) is 0 Å². The number of hydrogen-bond donors (Lipinski definition) is 0. The van der Waals surface area contributed by atoms with Gasteiger partial charge in [0.1, 0.15) is 0 Å². The summed E-state index contributed by atoms with van der Waals surface area (Å²) in [5.74, 6) is -0.964. The van der Waals surface area contributed by atoms with Crippen molar-refractivity contribution in [3.8, 4) is 0 Å². The maximum atomic E-state index is 12.3. The van der Waals surface area contributed by atoms with Gasteiger partial charge in [-0.1, -0.05) is 18.2 Å². The maximum Gasteiger partial charge on any atom is 0.333 e. The van der Waals surface area contributed by atoms with E-state index in [2.05, 4.69) is 4.74 Å². The van der Waals surface area contributed by atoms with Crippen LogP contribution in [0.2, 0.25) is 0 Å². The van der Waals surface area contributed by atoms with Gasteiger partial charge < -0.3 is 4.74 Å². The smallest absolute Gasteiger partial charge is 0.333 e. The Labute approximate surface area is 115 Å². The highest BCUT2D eigenvalue weighted by atomic mass is 16.5. The van der Waals surface area contributed by atoms with Crippen LogP contribution < -0.4 is 0 Å². The van der Waals surface area contributed by atoms with Crippen molar-refractivity contribution in [2.45, 2.75) is 18.9 Å². The SMILES string of the molecule is COC(=O)C1=CC[C@@H](N2C(=O)c3ccccc3C2=O)C1. The van der Waals surface area contributed by atoms with Crippen LogP contribution in [-0.4, -0.2) is 35.8 Å². The van der Waals surface area contributed by atoms with E-state index in [-0.39, 0.29) is 17.9 Å². The van der Waals surface area contributed by atoms with Crippen molar-refractivity contribution in [3.63, 3.8) is 0 Å². The molecule has 0 radical (unpaired) electrons. The number of nitrogens with zero attached hydrogens (tertiary/aromatic N) is 1. The lowest BCUT2D eigenvalue weighted by molar-refractivity contribution is -0.136. The third-order valence-corrected chi connectivity index (χ3v) is 3.73. The Kier molecular flexibility index (Phi) is 2.89. The molecule has 3 rings (SSSR count). The van der Waals surface area contributed by atoms with Crippen LogP contribution in [0.1, 0.15) is 33.6 Å². The normalized spacial score (nSPS) is 20.9. The first kappa shape index (κ1) is 12.6. The van der Waals surface area contributed by atoms with E-state index in [4.69, 9.17) is 0 Å². The lowest BCUT2D eigenvalue weighted by Crippen LogP contribution is -2.38. The van der Waals surface area contributed by atoms with Gasteiger partial charge in [-0.2, -0.15) is 0 Å². The van der Waals surface area contributed by atoms with Gasteiger partial charge in [0.2, 0.25) is 0 Å². The molecule has 1 aromatic carbocycles. The van der Waals surface area contributed by atoms with Crippen LogP contribution in [0.4, 0.5) is 0 Å². The fourth-order valence-electron chi connectivity index (χ4n) is 2.73. The molecular weight excluding hydrogens is 258 g/mol. The van der Waals surface area contributed by atoms with Gasteiger partial charge in [-0.05, 0) is 18.6 Å². The van der Waals surface area contributed by atoms with E-state index in [1.165, 1.54) is 12.0 Å². The van der Waals surface area contributed by atoms with Crippen LogP contribution in [0.25, 0.3) is 0 Å². The van der Waals surface area contributed by atoms with Crippen LogP contribution in [-0.2, 0) is 9.53 Å². The molecule has 0 fully saturated rings. The number of hydrogen-bond acceptors (Lipinski definition) is 4. The van der Waals surface area contributed by atoms with Gasteiger partial charge in [0.05, 0.1) is 18.2 Å². The van der Waals surface area contributed by atoms with Gasteiger partial charge in [0.25, 0.3) is 11.8 Å². The number of esters is 1. The molecule has 0 bridgehead atoms. The van der Waals surface area contributed by atoms with Crippen molar-refractivity contribution in [2.24, 2.45) is 0 Å². The van der Waals surface area contributed by atoms with E-state index in [1.807, 2.05) is 0 Å². The zero-order valence-corrected chi connectivity index (χ0v) is 11.0. The lowest BCUT2D eigenvalue weighted by atomic mass is 10.1. The molecule has 20 heavy (non-hydrogen) atoms. The summed E-state index contributed by atoms with van der Waals surface area (Å²) in [4.78, 5) is 37.3. The second-order valence-electron chi connectivity index (χ2n) is 4.84. The average Bonchev–Trinajstić information content (AvgIpc) is 3.03. The van der Waals surface area contributed by atoms with Crippen LogP contribution >= 0.6 is 0 Å². The minimum atomic E-state index is -0.399. The summed E-state index contributed by atoms with van der Waals surface area (Å²) < 4.78 is 4.67. The summed E-state index contributed by atoms with van der Waals surface area (Å²) in [6.07, 6.45) is 2.59. The van der Waals surface area contributed by atoms with Gasteiger partial charge in [-0.25, -0.2) is 4.79 Å². The summed E-state index contributed by atoms with van der Waals surface area (Å²) >= 11 is 0. The predicted octanol–water partition coefficient (Wildman–Crippen LogP) is 1.54. The first-order valence-electron chi connectivity index (χ1n) is 6.37. The van der Waals surface area contributed by atoms with Crippen LogP contribution in [0.5, 0.6) is 0 Å². The third-order valence-electron chi connectivity index (χ3n) is 3.73. The van der Waals surface area contributed by atoms with Gasteiger partial charge >= 0.3 is 5.97 Å². The number of ether oxygens (including phenoxy) is 1. The molecule has 0 N–H and O–H groups in total. The van der Waals surface area contributed by atoms with Crippen molar-refractivity contribution < 1.29 is 19.1 Å². The van der Waals surface area contributed by atoms with Crippen molar-refractivity contribution in [3.05, 3.63) is 47.0 Å². The van der Waals surface area contributed by atoms with Gasteiger partial charge in [-0.15, -0.1) is 0 Å². The van der Waals surface area contributed by atoms with E-state index in [0.29, 0.717) is 29.5 Å². The van der Waals surface area contributed by atoms with Crippen LogP contribution in [0.15, 0.2) is 35.9 Å². The molecule has 5 nitrogen and oxygen atoms in total. The van der Waals surface area contributed by atoms with Gasteiger partial charge in [-0.3, -0.25) is 14.5 Å². The quantitative estimate of drug-likeness (QED) is 0.604. The summed E-state index contributed by atoms with van der Waals surface area (Å²) in [6.45, 7) is 0. The number of methoxy groups -OCH3 is 1. The van der Waals surface area contributed by atoms with E-state index in [0.717, 1.165) is 0 Å². The molecule has 5 heteroatoms. The number of carbonyl (C=O) groups excluding carboxylic acids is 3. The molecule has 0 unspecified atom stereocenters. The highest BCUT2D eigenvalue weighted by Gasteiger charge is 2.41. The van der Waals surface area contributed by atoms with E-state index < -0.39 is 5.97 Å². The minimum Gasteiger partial charge on any atom is -0.466 e. The molecule has 1 atom stereocenters. The third kappa shape index (κ3) is 1.74. The van der Waals surface area contributed by atoms with E-state index >= 15 is 0 Å². The molecule has 0 spiro atoms. The zero-order chi connectivity index (χ0) is 14.3. The second kappa shape index (κ2) is 4.59. The fraction of sp³-hybridized carbons (Fsp3) is 0.267. The Morgan fingerprint density at radius 3 is 2.35 bits per heavy atom. The Morgan fingerprint density at radius 2 is 1.80 bits per heavy atom. The number of imide groups is 1. The Hall–Kier alpha value is -2.43. The van der Waals surface area contributed by atoms with Gasteiger partial charge in [0, 0.05) is 18.0 Å². The number of benzene rings is 1. The molecule has 2 aliphatic rings. The molecule has 1 heterocycles. The first-order valence-corrected chi connectivity index (χ1v) is 6.37. The minimum absolute atomic E-state index is 0.282. The van der Waals surface area contributed by atoms with Crippen molar-refractivity contribution in [1.82, 2.24) is 4.90 Å². The molecule has 1 aromatic rings. The summed E-state index contributed by atoms with van der Waals surface area (Å²) in [5, 5.41) is 0. The number of rotatable bonds is 2. The molecule has 2 amide bonds. The first-order chi connectivity index (χ1) is 9.63. The fourth-order valence-corrected chi connectivity index (χ4v) is 2.73. The Bertz CT molecular complexity index is 612. The summed E-state index contributed by atoms with van der Waals surface area (Å²) in [5.41, 5.74) is 1.39. The topological polar surface area (TPSA) is 63.7 Å². The second-order valence-corrected chi connectivity index (χ2v) is 4.84. The van der Waals surface area contributed by atoms with Gasteiger partial charge in [0.15, 0.2) is 0 Å². The summed E-state index contributed by atoms with van der Waals surface area (Å²) in [6, 6.07) is 6.48. The monoisotopic (exact) mass is 271 g/mol. The Morgan fingerprint density at radius 1 is 1.20 bits per heavy atom. The number of carbonyl (C=O) groups is 3. The largest absolute Gasteiger partial charge is 0.466 e. The zero-order valence-electron chi connectivity index (χ0n) is 11.0. The number of amides is 2. The highest BCUT2D eigenvalue weighted by molar-refractivity contribution is 6.21. The molecule has 102 valence electrons. The Balaban J connectivity index is 1.83. The average molecular weight is 271 g/mol. The van der Waals surface area contributed by atoms with Crippen LogP contribution in [0.3, 0.4) is 0 Å². The molecule has 0 aromatic heterocycles. The highest BCUT2D eigenvalue weighted by Crippen LogP contribution is 2.31.